The summed E-state index contributed by atoms with van der Waals surface area (Å²) in [4.78, 5) is 23.1. The summed E-state index contributed by atoms with van der Waals surface area (Å²) in [6.07, 6.45) is 5.02. The van der Waals surface area contributed by atoms with Gasteiger partial charge in [-0.25, -0.2) is 4.79 Å². The van der Waals surface area contributed by atoms with Crippen molar-refractivity contribution in [3.05, 3.63) is 0 Å². The lowest BCUT2D eigenvalue weighted by Gasteiger charge is -2.25. The van der Waals surface area contributed by atoms with Crippen LogP contribution in [0.3, 0.4) is 0 Å². The number of nitrogens with zero attached hydrogens (tertiary/aromatic N) is 1. The molecular formula is C13H20N2O3. The second-order valence-electron chi connectivity index (χ2n) is 5.00. The number of hydrogen-bond donors (Lipinski definition) is 2. The molecular weight excluding hydrogens is 232 g/mol. The molecule has 1 aliphatic carbocycles. The number of carbonyl (C=O) groups excluding carboxylic acids is 1. The van der Waals surface area contributed by atoms with Crippen molar-refractivity contribution in [3.63, 3.8) is 0 Å². The lowest BCUT2D eigenvalue weighted by Crippen LogP contribution is -2.47. The molecule has 0 heterocycles. The zero-order valence-corrected chi connectivity index (χ0v) is 10.7. The summed E-state index contributed by atoms with van der Waals surface area (Å²) in [5.74, 6) is -1.68. The van der Waals surface area contributed by atoms with E-state index in [1.807, 2.05) is 6.07 Å². The van der Waals surface area contributed by atoms with Crippen LogP contribution in [0, 0.1) is 23.2 Å². The second kappa shape index (κ2) is 7.00. The first-order valence-electron chi connectivity index (χ1n) is 6.46. The number of rotatable bonds is 5. The van der Waals surface area contributed by atoms with Gasteiger partial charge in [0.15, 0.2) is 0 Å². The van der Waals surface area contributed by atoms with Crippen LogP contribution >= 0.6 is 0 Å². The second-order valence-corrected chi connectivity index (χ2v) is 5.00. The van der Waals surface area contributed by atoms with E-state index in [1.54, 1.807) is 6.92 Å². The molecule has 1 fully saturated rings. The average Bonchev–Trinajstić information content (AvgIpc) is 2.36. The Kier molecular flexibility index (Phi) is 5.63. The number of nitrogens with one attached hydrogen (secondary N) is 1. The Bertz CT molecular complexity index is 343. The third kappa shape index (κ3) is 4.02. The third-order valence-electron chi connectivity index (χ3n) is 3.52. The quantitative estimate of drug-likeness (QED) is 0.779. The highest BCUT2D eigenvalue weighted by atomic mass is 16.4. The molecule has 2 atom stereocenters. The minimum absolute atomic E-state index is 0.0603. The van der Waals surface area contributed by atoms with Crippen LogP contribution in [0.4, 0.5) is 0 Å². The summed E-state index contributed by atoms with van der Waals surface area (Å²) < 4.78 is 0. The first-order chi connectivity index (χ1) is 8.56. The Hall–Kier alpha value is -1.57. The van der Waals surface area contributed by atoms with Gasteiger partial charge in [-0.1, -0.05) is 26.2 Å². The molecule has 0 aromatic rings. The van der Waals surface area contributed by atoms with Gasteiger partial charge in [0, 0.05) is 18.3 Å². The minimum Gasteiger partial charge on any atom is -0.480 e. The SMILES string of the molecule is C[C@H](CC#N)[C@H](NC(=O)C1CCCCC1)C(=O)O. The summed E-state index contributed by atoms with van der Waals surface area (Å²) >= 11 is 0. The zero-order chi connectivity index (χ0) is 13.5. The van der Waals surface area contributed by atoms with E-state index in [2.05, 4.69) is 5.32 Å². The lowest BCUT2D eigenvalue weighted by molar-refractivity contribution is -0.144. The number of carboxylic acid groups (broad SMARTS) is 1. The van der Waals surface area contributed by atoms with Gasteiger partial charge in [-0.2, -0.15) is 5.26 Å². The van der Waals surface area contributed by atoms with Crippen LogP contribution in [0.2, 0.25) is 0 Å². The fraction of sp³-hybridized carbons (Fsp3) is 0.769. The van der Waals surface area contributed by atoms with E-state index in [-0.39, 0.29) is 24.2 Å². The third-order valence-corrected chi connectivity index (χ3v) is 3.52. The molecule has 1 rings (SSSR count). The number of nitriles is 1. The molecule has 100 valence electrons. The number of hydrogen-bond acceptors (Lipinski definition) is 3. The van der Waals surface area contributed by atoms with Crippen LogP contribution in [0.5, 0.6) is 0 Å². The highest BCUT2D eigenvalue weighted by molar-refractivity contribution is 5.85. The molecule has 0 aromatic carbocycles. The van der Waals surface area contributed by atoms with E-state index in [4.69, 9.17) is 10.4 Å². The summed E-state index contributed by atoms with van der Waals surface area (Å²) in [6.45, 7) is 1.67. The van der Waals surface area contributed by atoms with Crippen molar-refractivity contribution < 1.29 is 14.7 Å². The van der Waals surface area contributed by atoms with E-state index in [0.29, 0.717) is 0 Å². The number of amides is 1. The largest absolute Gasteiger partial charge is 0.480 e. The van der Waals surface area contributed by atoms with Gasteiger partial charge in [0.05, 0.1) is 6.07 Å². The number of carbonyl (C=O) groups is 2. The molecule has 18 heavy (non-hydrogen) atoms. The summed E-state index contributed by atoms with van der Waals surface area (Å²) in [7, 11) is 0. The highest BCUT2D eigenvalue weighted by Crippen LogP contribution is 2.24. The highest BCUT2D eigenvalue weighted by Gasteiger charge is 2.29. The zero-order valence-electron chi connectivity index (χ0n) is 10.7. The Morgan fingerprint density at radius 1 is 1.39 bits per heavy atom. The topological polar surface area (TPSA) is 90.2 Å². The molecule has 0 spiro atoms. The van der Waals surface area contributed by atoms with Gasteiger partial charge in [-0.3, -0.25) is 4.79 Å². The van der Waals surface area contributed by atoms with Crippen LogP contribution in [0.25, 0.3) is 0 Å². The molecule has 5 nitrogen and oxygen atoms in total. The van der Waals surface area contributed by atoms with Gasteiger partial charge in [-0.05, 0) is 12.8 Å². The van der Waals surface area contributed by atoms with Crippen LogP contribution in [0.15, 0.2) is 0 Å². The van der Waals surface area contributed by atoms with Crippen LogP contribution in [0.1, 0.15) is 45.4 Å². The molecule has 0 unspecified atom stereocenters. The number of carboxylic acids is 1. The predicted octanol–water partition coefficient (Wildman–Crippen LogP) is 1.69. The van der Waals surface area contributed by atoms with Gasteiger partial charge in [0.25, 0.3) is 0 Å². The Morgan fingerprint density at radius 3 is 2.50 bits per heavy atom. The van der Waals surface area contributed by atoms with Crippen molar-refractivity contribution in [1.82, 2.24) is 5.32 Å². The first-order valence-corrected chi connectivity index (χ1v) is 6.46. The van der Waals surface area contributed by atoms with Gasteiger partial charge < -0.3 is 10.4 Å². The number of aliphatic carboxylic acids is 1. The van der Waals surface area contributed by atoms with Crippen molar-refractivity contribution in [3.8, 4) is 6.07 Å². The Morgan fingerprint density at radius 2 is 2.00 bits per heavy atom. The minimum atomic E-state index is -1.07. The lowest BCUT2D eigenvalue weighted by atomic mass is 9.88. The summed E-state index contributed by atoms with van der Waals surface area (Å²) in [6, 6.07) is 0.982. The summed E-state index contributed by atoms with van der Waals surface area (Å²) in [5.41, 5.74) is 0. The maximum Gasteiger partial charge on any atom is 0.326 e. The van der Waals surface area contributed by atoms with E-state index in [0.717, 1.165) is 32.1 Å². The van der Waals surface area contributed by atoms with E-state index in [9.17, 15) is 9.59 Å². The van der Waals surface area contributed by atoms with Crippen LogP contribution < -0.4 is 5.32 Å². The van der Waals surface area contributed by atoms with Crippen LogP contribution in [-0.2, 0) is 9.59 Å². The van der Waals surface area contributed by atoms with Crippen molar-refractivity contribution in [2.75, 3.05) is 0 Å². The summed E-state index contributed by atoms with van der Waals surface area (Å²) in [5, 5.41) is 20.3. The molecule has 1 aliphatic rings. The molecule has 0 bridgehead atoms. The molecule has 1 saturated carbocycles. The Labute approximate surface area is 107 Å². The van der Waals surface area contributed by atoms with E-state index < -0.39 is 12.0 Å². The predicted molar refractivity (Wildman–Crippen MR) is 65.5 cm³/mol. The van der Waals surface area contributed by atoms with Crippen molar-refractivity contribution in [1.29, 1.82) is 5.26 Å². The fourth-order valence-corrected chi connectivity index (χ4v) is 2.35. The van der Waals surface area contributed by atoms with Gasteiger partial charge in [0.2, 0.25) is 5.91 Å². The molecule has 1 amide bonds. The van der Waals surface area contributed by atoms with Crippen LogP contribution in [-0.4, -0.2) is 23.0 Å². The molecule has 0 aliphatic heterocycles. The standard InChI is InChI=1S/C13H20N2O3/c1-9(7-8-14)11(13(17)18)15-12(16)10-5-3-2-4-6-10/h9-11H,2-7H2,1H3,(H,15,16)(H,17,18)/t9-,11+/m1/s1. The first kappa shape index (κ1) is 14.5. The van der Waals surface area contributed by atoms with Crippen molar-refractivity contribution in [2.45, 2.75) is 51.5 Å². The van der Waals surface area contributed by atoms with Gasteiger partial charge in [0.1, 0.15) is 6.04 Å². The van der Waals surface area contributed by atoms with E-state index in [1.165, 1.54) is 0 Å². The molecule has 2 N–H and O–H groups in total. The molecule has 0 radical (unpaired) electrons. The van der Waals surface area contributed by atoms with Crippen molar-refractivity contribution >= 4 is 11.9 Å². The normalized spacial score (nSPS) is 19.6. The molecule has 5 heteroatoms. The van der Waals surface area contributed by atoms with E-state index >= 15 is 0 Å². The molecule has 0 saturated heterocycles. The van der Waals surface area contributed by atoms with Gasteiger partial charge in [-0.15, -0.1) is 0 Å². The smallest absolute Gasteiger partial charge is 0.326 e. The van der Waals surface area contributed by atoms with Gasteiger partial charge >= 0.3 is 5.97 Å². The Balaban J connectivity index is 2.57. The molecule has 0 aromatic heterocycles. The monoisotopic (exact) mass is 252 g/mol. The van der Waals surface area contributed by atoms with Crippen molar-refractivity contribution in [2.24, 2.45) is 11.8 Å². The fourth-order valence-electron chi connectivity index (χ4n) is 2.35. The maximum atomic E-state index is 12.0. The average molecular weight is 252 g/mol. The maximum absolute atomic E-state index is 12.0.